The lowest BCUT2D eigenvalue weighted by atomic mass is 10.0. The summed E-state index contributed by atoms with van der Waals surface area (Å²) in [5.74, 6) is 0.661. The highest BCUT2D eigenvalue weighted by Gasteiger charge is 2.19. The number of aromatic amines is 1. The van der Waals surface area contributed by atoms with Gasteiger partial charge in [0.05, 0.1) is 32.2 Å². The van der Waals surface area contributed by atoms with Gasteiger partial charge in [-0.25, -0.2) is 0 Å². The molecule has 0 radical (unpaired) electrons. The van der Waals surface area contributed by atoms with Crippen LogP contribution in [0.3, 0.4) is 0 Å². The molecule has 0 fully saturated rings. The molecule has 0 atom stereocenters. The van der Waals surface area contributed by atoms with Gasteiger partial charge in [0.2, 0.25) is 5.43 Å². The maximum atomic E-state index is 13.0. The molecule has 130 valence electrons. The van der Waals surface area contributed by atoms with E-state index in [9.17, 15) is 9.59 Å². The van der Waals surface area contributed by atoms with Crippen molar-refractivity contribution in [2.75, 3.05) is 21.3 Å². The zero-order valence-electron chi connectivity index (χ0n) is 14.3. The van der Waals surface area contributed by atoms with E-state index in [-0.39, 0.29) is 17.8 Å². The lowest BCUT2D eigenvalue weighted by molar-refractivity contribution is -0.140. The summed E-state index contributed by atoms with van der Waals surface area (Å²) < 4.78 is 15.6. The number of carbonyl (C=O) groups is 1. The third-order valence-electron chi connectivity index (χ3n) is 4.26. The maximum Gasteiger partial charge on any atom is 0.305 e. The summed E-state index contributed by atoms with van der Waals surface area (Å²) in [6.45, 7) is 0. The van der Waals surface area contributed by atoms with E-state index in [2.05, 4.69) is 4.98 Å². The molecule has 0 aliphatic carbocycles. The first-order valence-corrected chi connectivity index (χ1v) is 7.86. The highest BCUT2D eigenvalue weighted by Crippen LogP contribution is 2.35. The van der Waals surface area contributed by atoms with Crippen molar-refractivity contribution in [1.29, 1.82) is 0 Å². The van der Waals surface area contributed by atoms with Gasteiger partial charge in [-0.1, -0.05) is 12.1 Å². The van der Waals surface area contributed by atoms with E-state index in [1.807, 2.05) is 18.2 Å². The first-order chi connectivity index (χ1) is 12.1. The molecule has 2 aromatic carbocycles. The molecule has 0 amide bonds. The van der Waals surface area contributed by atoms with Crippen molar-refractivity contribution in [3.8, 4) is 11.5 Å². The number of para-hydroxylation sites is 1. The first-order valence-electron chi connectivity index (χ1n) is 7.86. The normalized spacial score (nSPS) is 10.8. The Morgan fingerprint density at radius 3 is 2.48 bits per heavy atom. The van der Waals surface area contributed by atoms with E-state index in [1.165, 1.54) is 14.2 Å². The van der Waals surface area contributed by atoms with Gasteiger partial charge in [-0.2, -0.15) is 0 Å². The Bertz CT molecular complexity index is 1010. The summed E-state index contributed by atoms with van der Waals surface area (Å²) in [4.78, 5) is 27.8. The van der Waals surface area contributed by atoms with Gasteiger partial charge in [0, 0.05) is 29.0 Å². The molecule has 25 heavy (non-hydrogen) atoms. The molecule has 0 spiro atoms. The Kier molecular flexibility index (Phi) is 4.61. The number of benzene rings is 2. The summed E-state index contributed by atoms with van der Waals surface area (Å²) in [5.41, 5.74) is 1.95. The zero-order valence-corrected chi connectivity index (χ0v) is 14.3. The molecule has 0 aliphatic rings. The molecule has 0 aliphatic heterocycles. The number of methoxy groups -OCH3 is 3. The number of pyridine rings is 1. The molecule has 3 rings (SSSR count). The zero-order chi connectivity index (χ0) is 18.0. The fraction of sp³-hybridized carbons (Fsp3) is 0.263. The van der Waals surface area contributed by atoms with Crippen molar-refractivity contribution in [3.63, 3.8) is 0 Å². The highest BCUT2D eigenvalue weighted by molar-refractivity contribution is 5.98. The smallest absolute Gasteiger partial charge is 0.305 e. The maximum absolute atomic E-state index is 13.0. The third-order valence-corrected chi connectivity index (χ3v) is 4.26. The minimum absolute atomic E-state index is 0.122. The summed E-state index contributed by atoms with van der Waals surface area (Å²) in [5, 5.41) is 1.03. The molecule has 0 saturated heterocycles. The van der Waals surface area contributed by atoms with Gasteiger partial charge in [-0.15, -0.1) is 0 Å². The number of esters is 1. The van der Waals surface area contributed by atoms with Crippen LogP contribution in [0.5, 0.6) is 11.5 Å². The minimum Gasteiger partial charge on any atom is -0.496 e. The molecule has 0 unspecified atom stereocenters. The standard InChI is InChI=1S/C19H19NO5/c1-23-14-10-15(24-2)17-18(12(14)8-9-16(21)25-3)20-13-7-5-4-6-11(13)19(17)22/h4-7,10H,8-9H2,1-3H3,(H,20,22). The minimum atomic E-state index is -0.325. The predicted octanol–water partition coefficient (Wildman–Crippen LogP) is 2.80. The van der Waals surface area contributed by atoms with Crippen molar-refractivity contribution in [2.45, 2.75) is 12.8 Å². The fourth-order valence-corrected chi connectivity index (χ4v) is 3.02. The average Bonchev–Trinajstić information content (AvgIpc) is 2.65. The second-order valence-corrected chi connectivity index (χ2v) is 5.59. The number of aryl methyl sites for hydroxylation is 1. The fourth-order valence-electron chi connectivity index (χ4n) is 3.02. The Labute approximate surface area is 144 Å². The highest BCUT2D eigenvalue weighted by atomic mass is 16.5. The lowest BCUT2D eigenvalue weighted by Crippen LogP contribution is -2.10. The Morgan fingerprint density at radius 1 is 1.08 bits per heavy atom. The van der Waals surface area contributed by atoms with E-state index < -0.39 is 0 Å². The van der Waals surface area contributed by atoms with Crippen LogP contribution in [0.15, 0.2) is 35.1 Å². The molecular weight excluding hydrogens is 322 g/mol. The second-order valence-electron chi connectivity index (χ2n) is 5.59. The second kappa shape index (κ2) is 6.84. The number of carbonyl (C=O) groups excluding carboxylic acids is 1. The van der Waals surface area contributed by atoms with E-state index in [1.54, 1.807) is 19.2 Å². The van der Waals surface area contributed by atoms with Crippen molar-refractivity contribution >= 4 is 27.8 Å². The molecule has 3 aromatic rings. The monoisotopic (exact) mass is 341 g/mol. The number of ether oxygens (including phenoxy) is 3. The van der Waals surface area contributed by atoms with Crippen molar-refractivity contribution in [3.05, 3.63) is 46.1 Å². The lowest BCUT2D eigenvalue weighted by Gasteiger charge is -2.15. The molecule has 6 nitrogen and oxygen atoms in total. The first kappa shape index (κ1) is 16.8. The molecule has 0 bridgehead atoms. The number of hydrogen-bond donors (Lipinski definition) is 1. The summed E-state index contributed by atoms with van der Waals surface area (Å²) in [7, 11) is 4.40. The Morgan fingerprint density at radius 2 is 1.80 bits per heavy atom. The van der Waals surface area contributed by atoms with Crippen LogP contribution < -0.4 is 14.9 Å². The van der Waals surface area contributed by atoms with Gasteiger partial charge in [-0.3, -0.25) is 9.59 Å². The van der Waals surface area contributed by atoms with Crippen LogP contribution in [-0.2, 0) is 16.0 Å². The number of nitrogens with one attached hydrogen (secondary N) is 1. The molecule has 0 saturated carbocycles. The van der Waals surface area contributed by atoms with Crippen LogP contribution in [0.25, 0.3) is 21.8 Å². The number of rotatable bonds is 5. The molecular formula is C19H19NO5. The van der Waals surface area contributed by atoms with E-state index in [0.29, 0.717) is 34.2 Å². The number of fused-ring (bicyclic) bond motifs is 2. The number of hydrogen-bond acceptors (Lipinski definition) is 5. The molecule has 1 aromatic heterocycles. The van der Waals surface area contributed by atoms with Gasteiger partial charge in [-0.05, 0) is 18.6 Å². The SMILES string of the molecule is COC(=O)CCc1c(OC)cc(OC)c2c(=O)c3ccccc3[nH]c12. The van der Waals surface area contributed by atoms with E-state index in [4.69, 9.17) is 14.2 Å². The van der Waals surface area contributed by atoms with Gasteiger partial charge >= 0.3 is 5.97 Å². The van der Waals surface area contributed by atoms with Crippen LogP contribution in [0.4, 0.5) is 0 Å². The largest absolute Gasteiger partial charge is 0.496 e. The molecule has 1 heterocycles. The number of H-pyrrole nitrogens is 1. The van der Waals surface area contributed by atoms with Crippen LogP contribution in [-0.4, -0.2) is 32.3 Å². The Hall–Kier alpha value is -3.02. The van der Waals surface area contributed by atoms with Crippen LogP contribution in [0.2, 0.25) is 0 Å². The van der Waals surface area contributed by atoms with Crippen LogP contribution in [0.1, 0.15) is 12.0 Å². The third kappa shape index (κ3) is 2.91. The van der Waals surface area contributed by atoms with Crippen molar-refractivity contribution in [2.24, 2.45) is 0 Å². The summed E-state index contributed by atoms with van der Waals surface area (Å²) >= 11 is 0. The topological polar surface area (TPSA) is 77.6 Å². The van der Waals surface area contributed by atoms with Gasteiger partial charge in [0.15, 0.2) is 0 Å². The van der Waals surface area contributed by atoms with E-state index >= 15 is 0 Å². The van der Waals surface area contributed by atoms with Crippen LogP contribution in [0, 0.1) is 0 Å². The summed E-state index contributed by atoms with van der Waals surface area (Å²) in [6, 6.07) is 8.96. The molecule has 6 heteroatoms. The molecule has 1 N–H and O–H groups in total. The average molecular weight is 341 g/mol. The van der Waals surface area contributed by atoms with Crippen LogP contribution >= 0.6 is 0 Å². The quantitative estimate of drug-likeness (QED) is 0.570. The van der Waals surface area contributed by atoms with Gasteiger partial charge in [0.25, 0.3) is 0 Å². The van der Waals surface area contributed by atoms with Crippen molar-refractivity contribution in [1.82, 2.24) is 4.98 Å². The number of aromatic nitrogens is 1. The van der Waals surface area contributed by atoms with Gasteiger partial charge in [0.1, 0.15) is 11.5 Å². The summed E-state index contributed by atoms with van der Waals surface area (Å²) in [6.07, 6.45) is 0.563. The van der Waals surface area contributed by atoms with Gasteiger partial charge < -0.3 is 19.2 Å². The van der Waals surface area contributed by atoms with E-state index in [0.717, 1.165) is 11.1 Å². The predicted molar refractivity (Wildman–Crippen MR) is 95.5 cm³/mol. The van der Waals surface area contributed by atoms with Crippen molar-refractivity contribution < 1.29 is 19.0 Å². The Balaban J connectivity index is 2.36.